The lowest BCUT2D eigenvalue weighted by molar-refractivity contribution is -0.160. The first-order valence-corrected chi connectivity index (χ1v) is 14.4. The van der Waals surface area contributed by atoms with Crippen LogP contribution < -0.4 is 19.1 Å². The van der Waals surface area contributed by atoms with Gasteiger partial charge in [-0.3, -0.25) is 4.79 Å². The van der Waals surface area contributed by atoms with Gasteiger partial charge in [0.15, 0.2) is 17.7 Å². The second kappa shape index (κ2) is 11.5. The molecule has 1 N–H and O–H groups in total. The maximum absolute atomic E-state index is 15.6. The molecular formula is C34H38FNO7. The molecule has 0 aromatic heterocycles. The number of carbonyl (C=O) groups is 2. The van der Waals surface area contributed by atoms with Crippen molar-refractivity contribution in [3.63, 3.8) is 0 Å². The maximum atomic E-state index is 15.6. The van der Waals surface area contributed by atoms with Gasteiger partial charge in [0, 0.05) is 23.4 Å². The molecule has 3 aromatic rings. The number of rotatable bonds is 7. The Kier molecular flexibility index (Phi) is 8.13. The summed E-state index contributed by atoms with van der Waals surface area (Å²) >= 11 is 0. The average molecular weight is 592 g/mol. The van der Waals surface area contributed by atoms with Crippen LogP contribution in [0.2, 0.25) is 0 Å². The molecule has 0 saturated heterocycles. The van der Waals surface area contributed by atoms with Crippen molar-refractivity contribution in [3.05, 3.63) is 69.5 Å². The lowest BCUT2D eigenvalue weighted by Crippen LogP contribution is -2.30. The third kappa shape index (κ3) is 5.54. The van der Waals surface area contributed by atoms with Gasteiger partial charge >= 0.3 is 5.97 Å². The maximum Gasteiger partial charge on any atom is 0.337 e. The number of aliphatic carboxylic acids is 1. The zero-order valence-electron chi connectivity index (χ0n) is 25.7. The van der Waals surface area contributed by atoms with Gasteiger partial charge in [0.1, 0.15) is 11.5 Å². The monoisotopic (exact) mass is 591 g/mol. The molecule has 3 aromatic carbocycles. The number of carboxylic acids is 1. The Morgan fingerprint density at radius 1 is 1.05 bits per heavy atom. The van der Waals surface area contributed by atoms with E-state index in [-0.39, 0.29) is 11.7 Å². The van der Waals surface area contributed by atoms with Gasteiger partial charge in [0.25, 0.3) is 5.91 Å². The Bertz CT molecular complexity index is 1610. The lowest BCUT2D eigenvalue weighted by Gasteiger charge is -2.30. The van der Waals surface area contributed by atoms with Crippen LogP contribution in [0.3, 0.4) is 0 Å². The third-order valence-corrected chi connectivity index (χ3v) is 8.08. The summed E-state index contributed by atoms with van der Waals surface area (Å²) in [6.45, 7) is 9.91. The first kappa shape index (κ1) is 30.4. The van der Waals surface area contributed by atoms with E-state index in [1.54, 1.807) is 50.8 Å². The molecule has 8 nitrogen and oxygen atoms in total. The molecule has 2 aliphatic rings. The van der Waals surface area contributed by atoms with Gasteiger partial charge in [-0.25, -0.2) is 9.18 Å². The summed E-state index contributed by atoms with van der Waals surface area (Å²) in [5.41, 5.74) is 4.80. The van der Waals surface area contributed by atoms with Crippen LogP contribution in [-0.2, 0) is 22.4 Å². The van der Waals surface area contributed by atoms with Crippen LogP contribution in [0.5, 0.6) is 17.2 Å². The van der Waals surface area contributed by atoms with Gasteiger partial charge in [-0.1, -0.05) is 0 Å². The van der Waals surface area contributed by atoms with Crippen LogP contribution in [0.15, 0.2) is 30.3 Å². The fraction of sp³-hybridized carbons (Fsp3) is 0.412. The van der Waals surface area contributed by atoms with Crippen molar-refractivity contribution in [2.24, 2.45) is 0 Å². The van der Waals surface area contributed by atoms with Crippen molar-refractivity contribution in [2.45, 2.75) is 65.6 Å². The van der Waals surface area contributed by atoms with E-state index in [1.165, 1.54) is 20.3 Å². The van der Waals surface area contributed by atoms with Gasteiger partial charge in [-0.05, 0) is 112 Å². The predicted molar refractivity (Wildman–Crippen MR) is 161 cm³/mol. The van der Waals surface area contributed by atoms with Crippen LogP contribution in [0.4, 0.5) is 10.1 Å². The molecule has 9 heteroatoms. The summed E-state index contributed by atoms with van der Waals surface area (Å²) in [6, 6.07) is 8.32. The number of aryl methyl sites for hydroxylation is 1. The zero-order valence-corrected chi connectivity index (χ0v) is 25.7. The number of nitrogens with zero attached hydrogens (tertiary/aromatic N) is 1. The smallest absolute Gasteiger partial charge is 0.337 e. The standard InChI is InChI=1S/C34H38FNO7/c1-18-15-26-22(12-13-36(26)32(37)24-16-20(40-6)10-11-27(24)41-7)29(28(18)31(33(38)39)43-34(3,4)5)23-17-25(35)30-21(19(23)2)9-8-14-42-30/h10-11,15-17,31H,8-9,12-14H2,1-7H3,(H,38,39). The molecule has 2 heterocycles. The van der Waals surface area contributed by atoms with Gasteiger partial charge in [0.2, 0.25) is 0 Å². The molecule has 5 rings (SSSR count). The van der Waals surface area contributed by atoms with Crippen LogP contribution in [-0.4, -0.2) is 50.0 Å². The summed E-state index contributed by atoms with van der Waals surface area (Å²) in [5, 5.41) is 10.4. The first-order valence-electron chi connectivity index (χ1n) is 14.4. The van der Waals surface area contributed by atoms with Crippen LogP contribution >= 0.6 is 0 Å². The molecule has 0 radical (unpaired) electrons. The van der Waals surface area contributed by atoms with Crippen LogP contribution in [0.25, 0.3) is 11.1 Å². The number of carboxylic acid groups (broad SMARTS) is 1. The Morgan fingerprint density at radius 3 is 2.44 bits per heavy atom. The molecule has 43 heavy (non-hydrogen) atoms. The summed E-state index contributed by atoms with van der Waals surface area (Å²) in [5.74, 6) is -0.749. The number of methoxy groups -OCH3 is 2. The van der Waals surface area contributed by atoms with Crippen LogP contribution in [0.1, 0.15) is 71.5 Å². The number of ether oxygens (including phenoxy) is 4. The number of hydrogen-bond acceptors (Lipinski definition) is 6. The number of halogens is 1. The minimum absolute atomic E-state index is 0.251. The number of carbonyl (C=O) groups excluding carboxylic acids is 1. The number of benzene rings is 3. The van der Waals surface area contributed by atoms with Crippen molar-refractivity contribution in [2.75, 3.05) is 32.3 Å². The fourth-order valence-corrected chi connectivity index (χ4v) is 6.18. The second-order valence-electron chi connectivity index (χ2n) is 12.0. The van der Waals surface area contributed by atoms with Gasteiger partial charge in [-0.2, -0.15) is 0 Å². The SMILES string of the molecule is COc1ccc(OC)c(C(=O)N2CCc3c2cc(C)c(C(OC(C)(C)C)C(=O)O)c3-c2cc(F)c3c(c2C)CCCO3)c1. The molecule has 2 aliphatic heterocycles. The number of hydrogen-bond donors (Lipinski definition) is 1. The molecule has 0 spiro atoms. The molecule has 0 aliphatic carbocycles. The van der Waals surface area contributed by atoms with E-state index in [0.717, 1.165) is 23.1 Å². The number of fused-ring (bicyclic) bond motifs is 2. The summed E-state index contributed by atoms with van der Waals surface area (Å²) < 4.78 is 38.3. The summed E-state index contributed by atoms with van der Waals surface area (Å²) in [7, 11) is 3.03. The quantitative estimate of drug-likeness (QED) is 0.331. The highest BCUT2D eigenvalue weighted by atomic mass is 19.1. The predicted octanol–water partition coefficient (Wildman–Crippen LogP) is 6.60. The first-order chi connectivity index (χ1) is 20.4. The third-order valence-electron chi connectivity index (χ3n) is 8.08. The Hall–Kier alpha value is -4.11. The van der Waals surface area contributed by atoms with Crippen molar-refractivity contribution in [3.8, 4) is 28.4 Å². The molecule has 1 atom stereocenters. The lowest BCUT2D eigenvalue weighted by atomic mass is 9.83. The summed E-state index contributed by atoms with van der Waals surface area (Å²) in [6.07, 6.45) is 0.520. The van der Waals surface area contributed by atoms with E-state index in [9.17, 15) is 14.7 Å². The highest BCUT2D eigenvalue weighted by Crippen LogP contribution is 2.48. The average Bonchev–Trinajstić information content (AvgIpc) is 3.39. The van der Waals surface area contributed by atoms with E-state index >= 15 is 4.39 Å². The minimum atomic E-state index is -1.32. The largest absolute Gasteiger partial charge is 0.497 e. The molecule has 1 unspecified atom stereocenters. The zero-order chi connectivity index (χ0) is 31.2. The fourth-order valence-electron chi connectivity index (χ4n) is 6.18. The van der Waals surface area contributed by atoms with Crippen LogP contribution in [0, 0.1) is 19.7 Å². The number of amides is 1. The van der Waals surface area contributed by atoms with Crippen molar-refractivity contribution in [1.82, 2.24) is 0 Å². The molecular weight excluding hydrogens is 553 g/mol. The molecule has 0 saturated carbocycles. The topological polar surface area (TPSA) is 94.5 Å². The molecule has 0 fully saturated rings. The number of anilines is 1. The van der Waals surface area contributed by atoms with E-state index in [1.807, 2.05) is 13.0 Å². The highest BCUT2D eigenvalue weighted by molar-refractivity contribution is 6.10. The molecule has 1 amide bonds. The van der Waals surface area contributed by atoms with E-state index in [2.05, 4.69) is 0 Å². The van der Waals surface area contributed by atoms with Gasteiger partial charge in [0.05, 0.1) is 32.0 Å². The Morgan fingerprint density at radius 2 is 1.79 bits per heavy atom. The van der Waals surface area contributed by atoms with E-state index in [0.29, 0.717) is 71.0 Å². The summed E-state index contributed by atoms with van der Waals surface area (Å²) in [4.78, 5) is 28.5. The minimum Gasteiger partial charge on any atom is -0.497 e. The van der Waals surface area contributed by atoms with Gasteiger partial charge < -0.3 is 29.0 Å². The molecule has 0 bridgehead atoms. The Labute approximate surface area is 251 Å². The van der Waals surface area contributed by atoms with E-state index < -0.39 is 23.5 Å². The van der Waals surface area contributed by atoms with Crippen molar-refractivity contribution >= 4 is 17.6 Å². The normalized spacial score (nSPS) is 14.9. The van der Waals surface area contributed by atoms with Gasteiger partial charge in [-0.15, -0.1) is 0 Å². The Balaban J connectivity index is 1.77. The molecule has 228 valence electrons. The highest BCUT2D eigenvalue weighted by Gasteiger charge is 2.37. The van der Waals surface area contributed by atoms with E-state index in [4.69, 9.17) is 18.9 Å². The van der Waals surface area contributed by atoms with Crippen molar-refractivity contribution in [1.29, 1.82) is 0 Å². The van der Waals surface area contributed by atoms with Crippen molar-refractivity contribution < 1.29 is 38.0 Å². The second-order valence-corrected chi connectivity index (χ2v) is 12.0.